The van der Waals surface area contributed by atoms with E-state index in [4.69, 9.17) is 0 Å². The quantitative estimate of drug-likeness (QED) is 0.671. The van der Waals surface area contributed by atoms with Crippen LogP contribution in [0.3, 0.4) is 0 Å². The van der Waals surface area contributed by atoms with Gasteiger partial charge in [0, 0.05) is 35.5 Å². The van der Waals surface area contributed by atoms with Crippen molar-refractivity contribution in [2.45, 2.75) is 31.2 Å². The average Bonchev–Trinajstić information content (AvgIpc) is 3.21. The summed E-state index contributed by atoms with van der Waals surface area (Å²) >= 11 is 0. The number of nitrogens with one attached hydrogen (secondary N) is 1. The fraction of sp³-hybridized carbons (Fsp3) is 0.440. The molecule has 1 aromatic heterocycles. The van der Waals surface area contributed by atoms with Gasteiger partial charge >= 0.3 is 0 Å². The lowest BCUT2D eigenvalue weighted by atomic mass is 9.95. The Kier molecular flexibility index (Phi) is 5.50. The smallest absolute Gasteiger partial charge is 0.156 e. The van der Waals surface area contributed by atoms with E-state index in [1.54, 1.807) is 0 Å². The molecule has 2 atom stereocenters. The predicted octanol–water partition coefficient (Wildman–Crippen LogP) is 3.93. The van der Waals surface area contributed by atoms with Crippen LogP contribution in [0.1, 0.15) is 30.7 Å². The lowest BCUT2D eigenvalue weighted by Gasteiger charge is -2.30. The molecule has 0 saturated carbocycles. The number of phenolic OH excluding ortho intramolecular Hbond substituents is 1. The fourth-order valence-corrected chi connectivity index (χ4v) is 5.10. The molecule has 162 valence electrons. The second-order valence-corrected chi connectivity index (χ2v) is 9.21. The SMILES string of the molecule is CN1CCC(c2ccc(-c3nnc(N[C@@H]4CCCN(C)C4)c4ccccc34)c(O)c2)C1. The van der Waals surface area contributed by atoms with E-state index in [1.165, 1.54) is 12.0 Å². The molecule has 3 heterocycles. The minimum Gasteiger partial charge on any atom is -0.507 e. The highest BCUT2D eigenvalue weighted by atomic mass is 16.3. The van der Waals surface area contributed by atoms with E-state index < -0.39 is 0 Å². The molecule has 5 rings (SSSR count). The van der Waals surface area contributed by atoms with Crippen LogP contribution >= 0.6 is 0 Å². The van der Waals surface area contributed by atoms with E-state index in [0.717, 1.165) is 66.9 Å². The lowest BCUT2D eigenvalue weighted by Crippen LogP contribution is -2.40. The van der Waals surface area contributed by atoms with Crippen LogP contribution < -0.4 is 5.32 Å². The first-order valence-corrected chi connectivity index (χ1v) is 11.3. The van der Waals surface area contributed by atoms with E-state index in [0.29, 0.717) is 12.0 Å². The number of rotatable bonds is 4. The number of phenols is 1. The van der Waals surface area contributed by atoms with E-state index >= 15 is 0 Å². The van der Waals surface area contributed by atoms with Crippen LogP contribution in [0.5, 0.6) is 5.75 Å². The van der Waals surface area contributed by atoms with Gasteiger partial charge < -0.3 is 20.2 Å². The molecular weight excluding hydrogens is 386 g/mol. The van der Waals surface area contributed by atoms with Crippen molar-refractivity contribution in [2.24, 2.45) is 0 Å². The zero-order chi connectivity index (χ0) is 21.4. The number of hydrogen-bond donors (Lipinski definition) is 2. The van der Waals surface area contributed by atoms with Gasteiger partial charge in [-0.25, -0.2) is 0 Å². The third kappa shape index (κ3) is 4.10. The highest BCUT2D eigenvalue weighted by Crippen LogP contribution is 2.37. The fourth-order valence-electron chi connectivity index (χ4n) is 5.10. The van der Waals surface area contributed by atoms with Crippen molar-refractivity contribution >= 4 is 16.6 Å². The molecule has 2 N–H and O–H groups in total. The van der Waals surface area contributed by atoms with Gasteiger partial charge in [-0.1, -0.05) is 30.3 Å². The summed E-state index contributed by atoms with van der Waals surface area (Å²) in [5, 5.41) is 25.7. The van der Waals surface area contributed by atoms with Crippen molar-refractivity contribution in [2.75, 3.05) is 45.6 Å². The molecule has 0 aliphatic carbocycles. The number of piperidine rings is 1. The van der Waals surface area contributed by atoms with Crippen LogP contribution in [-0.4, -0.2) is 71.4 Å². The number of likely N-dealkylation sites (tertiary alicyclic amines) is 2. The first-order valence-electron chi connectivity index (χ1n) is 11.3. The zero-order valence-electron chi connectivity index (χ0n) is 18.4. The summed E-state index contributed by atoms with van der Waals surface area (Å²) in [4.78, 5) is 4.69. The van der Waals surface area contributed by atoms with Gasteiger partial charge in [0.15, 0.2) is 5.82 Å². The Morgan fingerprint density at radius 3 is 2.48 bits per heavy atom. The monoisotopic (exact) mass is 417 g/mol. The van der Waals surface area contributed by atoms with E-state index in [9.17, 15) is 5.11 Å². The van der Waals surface area contributed by atoms with Crippen LogP contribution in [-0.2, 0) is 0 Å². The summed E-state index contributed by atoms with van der Waals surface area (Å²) < 4.78 is 0. The number of hydrogen-bond acceptors (Lipinski definition) is 6. The zero-order valence-corrected chi connectivity index (χ0v) is 18.4. The molecule has 2 aliphatic rings. The summed E-state index contributed by atoms with van der Waals surface area (Å²) in [6.45, 7) is 4.30. The minimum atomic E-state index is 0.279. The summed E-state index contributed by atoms with van der Waals surface area (Å²) in [6.07, 6.45) is 3.46. The Hall–Kier alpha value is -2.70. The summed E-state index contributed by atoms with van der Waals surface area (Å²) in [6, 6.07) is 14.6. The highest BCUT2D eigenvalue weighted by molar-refractivity contribution is 6.00. The molecule has 0 bridgehead atoms. The molecule has 2 aromatic carbocycles. The van der Waals surface area contributed by atoms with Gasteiger partial charge in [0.1, 0.15) is 11.4 Å². The Balaban J connectivity index is 1.48. The number of benzene rings is 2. The van der Waals surface area contributed by atoms with Crippen molar-refractivity contribution in [3.8, 4) is 17.0 Å². The molecule has 2 fully saturated rings. The third-order valence-electron chi connectivity index (χ3n) is 6.79. The second kappa shape index (κ2) is 8.44. The van der Waals surface area contributed by atoms with Gasteiger partial charge in [0.2, 0.25) is 0 Å². The molecule has 31 heavy (non-hydrogen) atoms. The Bertz CT molecular complexity index is 1080. The van der Waals surface area contributed by atoms with Gasteiger partial charge in [-0.3, -0.25) is 0 Å². The van der Waals surface area contributed by atoms with Crippen molar-refractivity contribution in [3.63, 3.8) is 0 Å². The van der Waals surface area contributed by atoms with Crippen molar-refractivity contribution in [1.29, 1.82) is 0 Å². The highest BCUT2D eigenvalue weighted by Gasteiger charge is 2.23. The van der Waals surface area contributed by atoms with E-state index in [1.807, 2.05) is 24.3 Å². The van der Waals surface area contributed by atoms with Gasteiger partial charge in [0.25, 0.3) is 0 Å². The predicted molar refractivity (Wildman–Crippen MR) is 126 cm³/mol. The average molecular weight is 418 g/mol. The first-order chi connectivity index (χ1) is 15.1. The van der Waals surface area contributed by atoms with Crippen LogP contribution in [0.25, 0.3) is 22.0 Å². The molecule has 0 amide bonds. The number of nitrogens with zero attached hydrogens (tertiary/aromatic N) is 4. The Labute approximate surface area is 183 Å². The molecular formula is C25H31N5O. The number of likely N-dealkylation sites (N-methyl/N-ethyl adjacent to an activating group) is 2. The summed E-state index contributed by atoms with van der Waals surface area (Å²) in [7, 11) is 4.31. The number of aromatic nitrogens is 2. The van der Waals surface area contributed by atoms with E-state index in [2.05, 4.69) is 57.6 Å². The maximum Gasteiger partial charge on any atom is 0.156 e. The van der Waals surface area contributed by atoms with Crippen LogP contribution in [0.15, 0.2) is 42.5 Å². The van der Waals surface area contributed by atoms with Gasteiger partial charge in [-0.05, 0) is 70.1 Å². The van der Waals surface area contributed by atoms with Crippen molar-refractivity contribution in [1.82, 2.24) is 20.0 Å². The Morgan fingerprint density at radius 1 is 0.935 bits per heavy atom. The molecule has 2 saturated heterocycles. The maximum atomic E-state index is 10.9. The number of anilines is 1. The normalized spacial score (nSPS) is 22.8. The molecule has 2 aliphatic heterocycles. The number of aromatic hydroxyl groups is 1. The summed E-state index contributed by atoms with van der Waals surface area (Å²) in [5.41, 5.74) is 2.67. The largest absolute Gasteiger partial charge is 0.507 e. The molecule has 6 heteroatoms. The van der Waals surface area contributed by atoms with Crippen molar-refractivity contribution < 1.29 is 5.11 Å². The maximum absolute atomic E-state index is 10.9. The Morgan fingerprint density at radius 2 is 1.74 bits per heavy atom. The van der Waals surface area contributed by atoms with Crippen LogP contribution in [0.4, 0.5) is 5.82 Å². The van der Waals surface area contributed by atoms with E-state index in [-0.39, 0.29) is 5.75 Å². The third-order valence-corrected chi connectivity index (χ3v) is 6.79. The van der Waals surface area contributed by atoms with Crippen molar-refractivity contribution in [3.05, 3.63) is 48.0 Å². The minimum absolute atomic E-state index is 0.279. The molecule has 1 unspecified atom stereocenters. The molecule has 6 nitrogen and oxygen atoms in total. The van der Waals surface area contributed by atoms with Gasteiger partial charge in [-0.15, -0.1) is 10.2 Å². The van der Waals surface area contributed by atoms with Gasteiger partial charge in [0.05, 0.1) is 0 Å². The van der Waals surface area contributed by atoms with Crippen LogP contribution in [0, 0.1) is 0 Å². The lowest BCUT2D eigenvalue weighted by molar-refractivity contribution is 0.261. The molecule has 3 aromatic rings. The second-order valence-electron chi connectivity index (χ2n) is 9.21. The molecule has 0 spiro atoms. The standard InChI is InChI=1S/C25H31N5O/c1-29-12-5-6-19(16-29)26-25-21-8-4-3-7-20(21)24(27-28-25)22-10-9-17(14-23(22)31)18-11-13-30(2)15-18/h3-4,7-10,14,18-19,31H,5-6,11-13,15-16H2,1-2H3,(H,26,28)/t18?,19-/m1/s1. The summed E-state index contributed by atoms with van der Waals surface area (Å²) in [5.74, 6) is 1.58. The molecule has 0 radical (unpaired) electrons. The topological polar surface area (TPSA) is 64.5 Å². The van der Waals surface area contributed by atoms with Crippen LogP contribution in [0.2, 0.25) is 0 Å². The van der Waals surface area contributed by atoms with Gasteiger partial charge in [-0.2, -0.15) is 0 Å². The first kappa shape index (κ1) is 20.2. The number of fused-ring (bicyclic) bond motifs is 1.